The van der Waals surface area contributed by atoms with Crippen LogP contribution in [0.4, 0.5) is 18.9 Å². The summed E-state index contributed by atoms with van der Waals surface area (Å²) in [6.45, 7) is 0. The molecule has 0 saturated heterocycles. The summed E-state index contributed by atoms with van der Waals surface area (Å²) < 4.78 is 38.3. The number of pyridine rings is 1. The molecule has 0 bridgehead atoms. The minimum atomic E-state index is -4.43. The lowest BCUT2D eigenvalue weighted by Crippen LogP contribution is -2.13. The van der Waals surface area contributed by atoms with Crippen LogP contribution in [0.25, 0.3) is 5.65 Å². The zero-order valence-electron chi connectivity index (χ0n) is 7.71. The van der Waals surface area contributed by atoms with Gasteiger partial charge in [-0.05, 0) is 12.1 Å². The van der Waals surface area contributed by atoms with Gasteiger partial charge in [0.25, 0.3) is 0 Å². The Morgan fingerprint density at radius 3 is 2.67 bits per heavy atom. The quantitative estimate of drug-likeness (QED) is 0.790. The summed E-state index contributed by atoms with van der Waals surface area (Å²) in [5, 5.41) is 6.28. The van der Waals surface area contributed by atoms with Crippen molar-refractivity contribution in [1.29, 1.82) is 0 Å². The first-order chi connectivity index (χ1) is 7.04. The van der Waals surface area contributed by atoms with E-state index in [2.05, 4.69) is 15.4 Å². The number of rotatable bonds is 1. The number of anilines is 1. The standard InChI is InChI=1S/C8H7F3N4/c1-12-5-2-3-6(8(9,10)11)15-7(5)13-4-14-15/h2-4,12H,1H3. The maximum atomic E-state index is 12.5. The Morgan fingerprint density at radius 1 is 1.33 bits per heavy atom. The summed E-state index contributed by atoms with van der Waals surface area (Å²) in [6.07, 6.45) is -3.34. The molecule has 2 rings (SSSR count). The molecule has 0 atom stereocenters. The minimum absolute atomic E-state index is 0.160. The van der Waals surface area contributed by atoms with Crippen molar-refractivity contribution >= 4 is 11.3 Å². The fraction of sp³-hybridized carbons (Fsp3) is 0.250. The summed E-state index contributed by atoms with van der Waals surface area (Å²) in [5.74, 6) is 0. The molecule has 0 saturated carbocycles. The molecular weight excluding hydrogens is 209 g/mol. The Balaban J connectivity index is 2.74. The fourth-order valence-corrected chi connectivity index (χ4v) is 1.32. The van der Waals surface area contributed by atoms with Crippen molar-refractivity contribution in [3.8, 4) is 0 Å². The van der Waals surface area contributed by atoms with E-state index in [0.717, 1.165) is 16.9 Å². The van der Waals surface area contributed by atoms with E-state index in [9.17, 15) is 13.2 Å². The van der Waals surface area contributed by atoms with Crippen LogP contribution in [0, 0.1) is 0 Å². The van der Waals surface area contributed by atoms with Gasteiger partial charge in [0, 0.05) is 7.05 Å². The van der Waals surface area contributed by atoms with E-state index in [1.807, 2.05) is 0 Å². The van der Waals surface area contributed by atoms with Crippen LogP contribution in [0.2, 0.25) is 0 Å². The van der Waals surface area contributed by atoms with Crippen molar-refractivity contribution in [2.24, 2.45) is 0 Å². The van der Waals surface area contributed by atoms with E-state index in [-0.39, 0.29) is 5.65 Å². The van der Waals surface area contributed by atoms with Crippen molar-refractivity contribution < 1.29 is 13.2 Å². The average molecular weight is 216 g/mol. The fourth-order valence-electron chi connectivity index (χ4n) is 1.32. The van der Waals surface area contributed by atoms with E-state index in [4.69, 9.17) is 0 Å². The van der Waals surface area contributed by atoms with Crippen molar-refractivity contribution in [1.82, 2.24) is 14.6 Å². The highest BCUT2D eigenvalue weighted by Gasteiger charge is 2.34. The van der Waals surface area contributed by atoms with Crippen LogP contribution in [-0.2, 0) is 6.18 Å². The molecule has 1 N–H and O–H groups in total. The largest absolute Gasteiger partial charge is 0.433 e. The lowest BCUT2D eigenvalue weighted by atomic mass is 10.3. The van der Waals surface area contributed by atoms with Crippen LogP contribution >= 0.6 is 0 Å². The molecule has 15 heavy (non-hydrogen) atoms. The van der Waals surface area contributed by atoms with Gasteiger partial charge in [-0.3, -0.25) is 0 Å². The number of nitrogens with zero attached hydrogens (tertiary/aromatic N) is 3. The summed E-state index contributed by atoms with van der Waals surface area (Å²) in [5.41, 5.74) is -0.179. The second-order valence-electron chi connectivity index (χ2n) is 2.88. The molecule has 0 aliphatic heterocycles. The van der Waals surface area contributed by atoms with Crippen LogP contribution < -0.4 is 5.32 Å². The third kappa shape index (κ3) is 1.49. The summed E-state index contributed by atoms with van der Waals surface area (Å²) in [4.78, 5) is 3.75. The van der Waals surface area contributed by atoms with Gasteiger partial charge in [-0.1, -0.05) is 0 Å². The van der Waals surface area contributed by atoms with Gasteiger partial charge in [0.2, 0.25) is 0 Å². The predicted molar refractivity (Wildman–Crippen MR) is 47.5 cm³/mol. The Bertz CT molecular complexity index is 488. The van der Waals surface area contributed by atoms with Gasteiger partial charge in [0.1, 0.15) is 12.0 Å². The third-order valence-electron chi connectivity index (χ3n) is 1.98. The summed E-state index contributed by atoms with van der Waals surface area (Å²) in [7, 11) is 1.61. The number of hydrogen-bond donors (Lipinski definition) is 1. The average Bonchev–Trinajstić information content (AvgIpc) is 2.62. The number of alkyl halides is 3. The molecule has 2 aromatic heterocycles. The van der Waals surface area contributed by atoms with Gasteiger partial charge in [-0.2, -0.15) is 18.3 Å². The Morgan fingerprint density at radius 2 is 2.07 bits per heavy atom. The second kappa shape index (κ2) is 3.11. The second-order valence-corrected chi connectivity index (χ2v) is 2.88. The van der Waals surface area contributed by atoms with Gasteiger partial charge < -0.3 is 5.32 Å². The van der Waals surface area contributed by atoms with Gasteiger partial charge in [-0.15, -0.1) is 0 Å². The molecule has 80 valence electrons. The van der Waals surface area contributed by atoms with Crippen molar-refractivity contribution in [2.75, 3.05) is 12.4 Å². The lowest BCUT2D eigenvalue weighted by Gasteiger charge is -2.09. The van der Waals surface area contributed by atoms with Crippen LogP contribution in [0.15, 0.2) is 18.5 Å². The highest BCUT2D eigenvalue weighted by atomic mass is 19.4. The molecule has 0 radical (unpaired) electrons. The highest BCUT2D eigenvalue weighted by molar-refractivity contribution is 5.67. The zero-order valence-corrected chi connectivity index (χ0v) is 7.71. The van der Waals surface area contributed by atoms with Gasteiger partial charge in [0.15, 0.2) is 5.65 Å². The number of hydrogen-bond acceptors (Lipinski definition) is 3. The van der Waals surface area contributed by atoms with E-state index >= 15 is 0 Å². The topological polar surface area (TPSA) is 42.2 Å². The van der Waals surface area contributed by atoms with E-state index in [0.29, 0.717) is 5.69 Å². The van der Waals surface area contributed by atoms with Crippen LogP contribution in [0.1, 0.15) is 5.69 Å². The first-order valence-electron chi connectivity index (χ1n) is 4.11. The number of halogens is 3. The molecule has 4 nitrogen and oxygen atoms in total. The van der Waals surface area contributed by atoms with E-state index < -0.39 is 11.9 Å². The predicted octanol–water partition coefficient (Wildman–Crippen LogP) is 1.79. The van der Waals surface area contributed by atoms with Crippen LogP contribution in [-0.4, -0.2) is 21.6 Å². The summed E-state index contributed by atoms with van der Waals surface area (Å²) in [6, 6.07) is 2.29. The SMILES string of the molecule is CNc1ccc(C(F)(F)F)n2ncnc12. The van der Waals surface area contributed by atoms with Crippen LogP contribution in [0.5, 0.6) is 0 Å². The Labute approximate surface area is 82.7 Å². The Kier molecular flexibility index (Phi) is 2.02. The smallest absolute Gasteiger partial charge is 0.385 e. The molecule has 0 aliphatic carbocycles. The molecule has 2 heterocycles. The highest BCUT2D eigenvalue weighted by Crippen LogP contribution is 2.30. The monoisotopic (exact) mass is 216 g/mol. The molecule has 0 aromatic carbocycles. The number of nitrogens with one attached hydrogen (secondary N) is 1. The van der Waals surface area contributed by atoms with Gasteiger partial charge in [0.05, 0.1) is 5.69 Å². The molecule has 0 aliphatic rings. The maximum Gasteiger partial charge on any atom is 0.433 e. The van der Waals surface area contributed by atoms with Gasteiger partial charge >= 0.3 is 6.18 Å². The number of fused-ring (bicyclic) bond motifs is 1. The zero-order chi connectivity index (χ0) is 11.1. The first-order valence-corrected chi connectivity index (χ1v) is 4.11. The van der Waals surface area contributed by atoms with Crippen molar-refractivity contribution in [2.45, 2.75) is 6.18 Å². The normalized spacial score (nSPS) is 12.0. The van der Waals surface area contributed by atoms with E-state index in [1.54, 1.807) is 7.05 Å². The Hall–Kier alpha value is -1.79. The van der Waals surface area contributed by atoms with Crippen molar-refractivity contribution in [3.05, 3.63) is 24.2 Å². The van der Waals surface area contributed by atoms with Gasteiger partial charge in [-0.25, -0.2) is 9.50 Å². The molecular formula is C8H7F3N4. The molecule has 0 spiro atoms. The molecule has 0 unspecified atom stereocenters. The lowest BCUT2D eigenvalue weighted by molar-refractivity contribution is -0.142. The van der Waals surface area contributed by atoms with Crippen LogP contribution in [0.3, 0.4) is 0 Å². The molecule has 0 amide bonds. The molecule has 7 heteroatoms. The molecule has 0 fully saturated rings. The first kappa shape index (κ1) is 9.75. The van der Waals surface area contributed by atoms with Crippen molar-refractivity contribution in [3.63, 3.8) is 0 Å². The molecule has 2 aromatic rings. The van der Waals surface area contributed by atoms with E-state index in [1.165, 1.54) is 6.07 Å². The maximum absolute atomic E-state index is 12.5. The summed E-state index contributed by atoms with van der Waals surface area (Å²) >= 11 is 0. The minimum Gasteiger partial charge on any atom is -0.385 e. The third-order valence-corrected chi connectivity index (χ3v) is 1.98. The number of aromatic nitrogens is 3.